The summed E-state index contributed by atoms with van der Waals surface area (Å²) in [6, 6.07) is 37.3. The minimum atomic E-state index is 0. The van der Waals surface area contributed by atoms with E-state index in [0.717, 1.165) is 30.1 Å². The molecule has 0 amide bonds. The fourth-order valence-electron chi connectivity index (χ4n) is 8.24. The third-order valence-corrected chi connectivity index (χ3v) is 13.1. The molecule has 0 N–H and O–H groups in total. The zero-order chi connectivity index (χ0) is 30.3. The van der Waals surface area contributed by atoms with E-state index in [1.807, 2.05) is 39.6 Å². The first-order valence-electron chi connectivity index (χ1n) is 17.3. The van der Waals surface area contributed by atoms with E-state index in [2.05, 4.69) is 80.6 Å². The molecule has 2 fully saturated rings. The van der Waals surface area contributed by atoms with Gasteiger partial charge in [0.05, 0.1) is 0 Å². The van der Waals surface area contributed by atoms with Crippen molar-refractivity contribution >= 4 is 24.8 Å². The second-order valence-corrected chi connectivity index (χ2v) is 14.9. The Balaban J connectivity index is 0.000000176. The number of fused-ring (bicyclic) bond motifs is 8. The second kappa shape index (κ2) is 18.0. The minimum absolute atomic E-state index is 0. The summed E-state index contributed by atoms with van der Waals surface area (Å²) in [5, 5.41) is 5.30. The molecule has 0 aliphatic heterocycles. The number of hydrogen-bond donors (Lipinski definition) is 0. The summed E-state index contributed by atoms with van der Waals surface area (Å²) < 4.78 is 1.92. The minimum Gasteiger partial charge on any atom is -1.00 e. The van der Waals surface area contributed by atoms with Crippen LogP contribution in [0.3, 0.4) is 0 Å². The first-order chi connectivity index (χ1) is 21.6. The molecule has 0 heterocycles. The van der Waals surface area contributed by atoms with E-state index in [1.165, 1.54) is 108 Å². The Bertz CT molecular complexity index is 1610. The maximum absolute atomic E-state index is 3.48. The Labute approximate surface area is 305 Å². The van der Waals surface area contributed by atoms with Crippen molar-refractivity contribution in [3.05, 3.63) is 114 Å². The van der Waals surface area contributed by atoms with Gasteiger partial charge < -0.3 is 24.8 Å². The van der Waals surface area contributed by atoms with E-state index in [0.29, 0.717) is 0 Å². The summed E-state index contributed by atoms with van der Waals surface area (Å²) in [4.78, 5) is 0. The molecule has 0 saturated heterocycles. The van der Waals surface area contributed by atoms with Crippen LogP contribution in [-0.2, 0) is 30.7 Å². The van der Waals surface area contributed by atoms with Crippen LogP contribution in [-0.4, -0.2) is 3.21 Å². The van der Waals surface area contributed by atoms with Crippen LogP contribution in [0.4, 0.5) is 0 Å². The van der Waals surface area contributed by atoms with Crippen LogP contribution in [0.15, 0.2) is 97.1 Å². The maximum Gasteiger partial charge on any atom is -0.0240 e. The Kier molecular flexibility index (Phi) is 14.5. The SMILES string of the molecule is CC([C](=[Zr+2])C(C)C1CCCCC1)C1CCCCC1.[Cl-].[Cl-].[c-]1cccc2c1c1c(c3ccccc32)-c2ccccc2C1.c1cc[cH-]c1. The molecule has 240 valence electrons. The molecule has 0 radical (unpaired) electrons. The molecule has 2 atom stereocenters. The summed E-state index contributed by atoms with van der Waals surface area (Å²) in [5.74, 6) is 3.89. The van der Waals surface area contributed by atoms with Crippen molar-refractivity contribution in [3.63, 3.8) is 0 Å². The number of halogens is 2. The van der Waals surface area contributed by atoms with Crippen LogP contribution in [0, 0.1) is 29.7 Å². The molecule has 0 aromatic heterocycles. The van der Waals surface area contributed by atoms with E-state index in [-0.39, 0.29) is 24.8 Å². The largest absolute Gasteiger partial charge is 1.00 e. The van der Waals surface area contributed by atoms with Gasteiger partial charge in [0.15, 0.2) is 0 Å². The smallest absolute Gasteiger partial charge is 0.0240 e. The van der Waals surface area contributed by atoms with Crippen molar-refractivity contribution in [2.75, 3.05) is 0 Å². The molecular weight excluding hydrogens is 679 g/mol. The molecule has 3 aliphatic carbocycles. The van der Waals surface area contributed by atoms with Gasteiger partial charge in [-0.05, 0) is 28.5 Å². The molecule has 3 heteroatoms. The maximum atomic E-state index is 3.48. The van der Waals surface area contributed by atoms with Crippen molar-refractivity contribution in [2.24, 2.45) is 23.7 Å². The molecule has 2 saturated carbocycles. The van der Waals surface area contributed by atoms with Gasteiger partial charge in [-0.1, -0.05) is 53.9 Å². The number of hydrogen-bond acceptors (Lipinski definition) is 0. The normalized spacial score (nSPS) is 17.1. The molecular formula is C43H48Cl2Zr-2. The van der Waals surface area contributed by atoms with Crippen molar-refractivity contribution in [2.45, 2.75) is 84.5 Å². The van der Waals surface area contributed by atoms with E-state index >= 15 is 0 Å². The van der Waals surface area contributed by atoms with Gasteiger partial charge in [0.1, 0.15) is 0 Å². The van der Waals surface area contributed by atoms with Crippen LogP contribution in [0.25, 0.3) is 32.7 Å². The first kappa shape index (κ1) is 36.9. The Morgan fingerprint density at radius 3 is 1.80 bits per heavy atom. The van der Waals surface area contributed by atoms with Crippen molar-refractivity contribution in [1.29, 1.82) is 0 Å². The Morgan fingerprint density at radius 1 is 0.674 bits per heavy atom. The van der Waals surface area contributed by atoms with Crippen LogP contribution in [0.1, 0.15) is 89.2 Å². The van der Waals surface area contributed by atoms with Crippen LogP contribution >= 0.6 is 0 Å². The van der Waals surface area contributed by atoms with Gasteiger partial charge in [0.2, 0.25) is 0 Å². The third-order valence-electron chi connectivity index (χ3n) is 10.9. The zero-order valence-corrected chi connectivity index (χ0v) is 31.6. The van der Waals surface area contributed by atoms with Crippen molar-refractivity contribution < 1.29 is 49.0 Å². The van der Waals surface area contributed by atoms with Gasteiger partial charge in [-0.25, -0.2) is 12.1 Å². The van der Waals surface area contributed by atoms with Gasteiger partial charge in [0.25, 0.3) is 0 Å². The van der Waals surface area contributed by atoms with Crippen LogP contribution in [0.5, 0.6) is 0 Å². The summed E-state index contributed by atoms with van der Waals surface area (Å²) in [6.45, 7) is 5.08. The number of rotatable bonds is 4. The summed E-state index contributed by atoms with van der Waals surface area (Å²) in [6.07, 6.45) is 16.0. The Morgan fingerprint density at radius 2 is 1.22 bits per heavy atom. The zero-order valence-electron chi connectivity index (χ0n) is 27.6. The summed E-state index contributed by atoms with van der Waals surface area (Å²) in [7, 11) is 0. The van der Waals surface area contributed by atoms with E-state index in [1.54, 1.807) is 24.2 Å². The first-order valence-corrected chi connectivity index (χ1v) is 18.5. The van der Waals surface area contributed by atoms with Crippen molar-refractivity contribution in [3.8, 4) is 11.1 Å². The quantitative estimate of drug-likeness (QED) is 0.157. The second-order valence-electron chi connectivity index (χ2n) is 13.5. The monoisotopic (exact) mass is 724 g/mol. The standard InChI is InChI=1S/C21H13.C17H30.C5H5.2ClH.Zr/c1-2-8-15-14(7-1)13-20-18-11-4-3-9-16(18)17-10-5-6-12-19(17)21(15)20;1-14(16-9-5-3-6-10-16)13-15(2)17-11-7-4-8-12-17;1-2-4-5-3-1;;;/h1-10,12H,13H2;14-17H,3-12H2,1-2H3;1-5H;2*1H;/q-1;;-1;;;+2/p-2. The molecule has 8 rings (SSSR count). The predicted molar refractivity (Wildman–Crippen MR) is 187 cm³/mol. The average Bonchev–Trinajstić information content (AvgIpc) is 3.81. The molecule has 5 aromatic rings. The fourth-order valence-corrected chi connectivity index (χ4v) is 9.40. The van der Waals surface area contributed by atoms with Crippen LogP contribution in [0.2, 0.25) is 0 Å². The third kappa shape index (κ3) is 8.38. The molecule has 2 unspecified atom stereocenters. The van der Waals surface area contributed by atoms with Gasteiger partial charge in [-0.2, -0.15) is 18.2 Å². The summed E-state index contributed by atoms with van der Waals surface area (Å²) >= 11 is 1.74. The fraction of sp³-hybridized carbons (Fsp3) is 0.395. The van der Waals surface area contributed by atoms with Crippen molar-refractivity contribution in [1.82, 2.24) is 0 Å². The molecule has 0 bridgehead atoms. The molecule has 46 heavy (non-hydrogen) atoms. The molecule has 0 nitrogen and oxygen atoms in total. The van der Waals surface area contributed by atoms with Gasteiger partial charge in [-0.3, -0.25) is 0 Å². The average molecular weight is 727 g/mol. The van der Waals surface area contributed by atoms with E-state index < -0.39 is 0 Å². The predicted octanol–water partition coefficient (Wildman–Crippen LogP) is 5.92. The molecule has 0 spiro atoms. The molecule has 3 aliphatic rings. The molecule has 5 aromatic carbocycles. The van der Waals surface area contributed by atoms with E-state index in [9.17, 15) is 0 Å². The number of benzene rings is 4. The van der Waals surface area contributed by atoms with Gasteiger partial charge in [0, 0.05) is 0 Å². The Hall–Kier alpha value is -1.92. The van der Waals surface area contributed by atoms with E-state index in [4.69, 9.17) is 0 Å². The van der Waals surface area contributed by atoms with Crippen LogP contribution < -0.4 is 24.8 Å². The van der Waals surface area contributed by atoms with Gasteiger partial charge in [-0.15, -0.1) is 40.6 Å². The topological polar surface area (TPSA) is 0 Å². The summed E-state index contributed by atoms with van der Waals surface area (Å²) in [5.41, 5.74) is 5.67. The van der Waals surface area contributed by atoms with Gasteiger partial charge >= 0.3 is 129 Å².